The van der Waals surface area contributed by atoms with Crippen molar-refractivity contribution in [3.63, 3.8) is 0 Å². The highest BCUT2D eigenvalue weighted by Gasteiger charge is 2.43. The number of carbonyl (C=O) groups is 1. The molecule has 2 aliphatic rings. The van der Waals surface area contributed by atoms with Gasteiger partial charge in [0.25, 0.3) is 0 Å². The number of ether oxygens (including phenoxy) is 1. The number of hydrogen-bond donors (Lipinski definition) is 2. The fourth-order valence-corrected chi connectivity index (χ4v) is 2.97. The molecule has 2 rings (SSSR count). The summed E-state index contributed by atoms with van der Waals surface area (Å²) >= 11 is 0. The highest BCUT2D eigenvalue weighted by molar-refractivity contribution is 5.68. The van der Waals surface area contributed by atoms with E-state index < -0.39 is 5.60 Å². The fourth-order valence-electron chi connectivity index (χ4n) is 2.97. The summed E-state index contributed by atoms with van der Waals surface area (Å²) in [5, 5.41) is 13.6. The second-order valence-corrected chi connectivity index (χ2v) is 6.81. The van der Waals surface area contributed by atoms with Crippen LogP contribution in [0.25, 0.3) is 0 Å². The minimum atomic E-state index is -0.446. The lowest BCUT2D eigenvalue weighted by Gasteiger charge is -2.47. The lowest BCUT2D eigenvalue weighted by atomic mass is 9.71. The molecule has 0 bridgehead atoms. The Morgan fingerprint density at radius 2 is 2.00 bits per heavy atom. The Labute approximate surface area is 115 Å². The van der Waals surface area contributed by atoms with Crippen molar-refractivity contribution < 1.29 is 14.6 Å². The maximum Gasteiger partial charge on any atom is 0.410 e. The van der Waals surface area contributed by atoms with Gasteiger partial charge in [0, 0.05) is 25.0 Å². The van der Waals surface area contributed by atoms with Crippen LogP contribution in [0.4, 0.5) is 4.79 Å². The number of piperidine rings is 2. The summed E-state index contributed by atoms with van der Waals surface area (Å²) in [6, 6.07) is 0. The first-order valence-electron chi connectivity index (χ1n) is 7.19. The molecule has 1 unspecified atom stereocenters. The zero-order chi connectivity index (χ0) is 14.1. The topological polar surface area (TPSA) is 61.8 Å². The summed E-state index contributed by atoms with van der Waals surface area (Å²) in [5.41, 5.74) is -0.491. The van der Waals surface area contributed by atoms with Crippen molar-refractivity contribution in [2.45, 2.75) is 51.7 Å². The van der Waals surface area contributed by atoms with E-state index in [0.29, 0.717) is 13.1 Å². The Bertz CT molecular complexity index is 330. The monoisotopic (exact) mass is 270 g/mol. The van der Waals surface area contributed by atoms with Crippen molar-refractivity contribution in [2.24, 2.45) is 5.41 Å². The molecule has 19 heavy (non-hydrogen) atoms. The number of rotatable bonds is 0. The summed E-state index contributed by atoms with van der Waals surface area (Å²) in [6.07, 6.45) is 2.03. The van der Waals surface area contributed by atoms with Crippen molar-refractivity contribution >= 4 is 6.09 Å². The molecule has 0 aromatic rings. The third-order valence-electron chi connectivity index (χ3n) is 4.19. The van der Waals surface area contributed by atoms with E-state index in [2.05, 4.69) is 5.32 Å². The van der Waals surface area contributed by atoms with Gasteiger partial charge in [-0.1, -0.05) is 0 Å². The largest absolute Gasteiger partial charge is 0.444 e. The number of nitrogens with one attached hydrogen (secondary N) is 1. The smallest absolute Gasteiger partial charge is 0.410 e. The number of likely N-dealkylation sites (tertiary alicyclic amines) is 1. The molecule has 1 amide bonds. The molecule has 2 heterocycles. The van der Waals surface area contributed by atoms with Gasteiger partial charge in [-0.3, -0.25) is 0 Å². The summed E-state index contributed by atoms with van der Waals surface area (Å²) in [4.78, 5) is 13.8. The number of amides is 1. The number of hydrogen-bond acceptors (Lipinski definition) is 4. The Balaban J connectivity index is 1.90. The maximum absolute atomic E-state index is 12.0. The standard InChI is InChI=1S/C14H26N2O3/c1-13(2,3)19-12(18)16-8-5-14(6-9-16)10-15-7-4-11(14)17/h11,15,17H,4-10H2,1-3H3. The number of nitrogens with zero attached hydrogens (tertiary/aromatic N) is 1. The van der Waals surface area contributed by atoms with E-state index in [1.165, 1.54) is 0 Å². The fraction of sp³-hybridized carbons (Fsp3) is 0.929. The average molecular weight is 270 g/mol. The summed E-state index contributed by atoms with van der Waals surface area (Å²) in [5.74, 6) is 0. The zero-order valence-corrected chi connectivity index (χ0v) is 12.2. The molecule has 0 aliphatic carbocycles. The van der Waals surface area contributed by atoms with E-state index in [4.69, 9.17) is 4.74 Å². The summed E-state index contributed by atoms with van der Waals surface area (Å²) in [6.45, 7) is 8.73. The maximum atomic E-state index is 12.0. The van der Waals surface area contributed by atoms with E-state index in [0.717, 1.165) is 32.4 Å². The van der Waals surface area contributed by atoms with Gasteiger partial charge in [-0.15, -0.1) is 0 Å². The highest BCUT2D eigenvalue weighted by Crippen LogP contribution is 2.37. The molecule has 0 saturated carbocycles. The molecule has 2 fully saturated rings. The Morgan fingerprint density at radius 3 is 2.53 bits per heavy atom. The van der Waals surface area contributed by atoms with Crippen molar-refractivity contribution in [3.8, 4) is 0 Å². The number of aliphatic hydroxyl groups is 1. The van der Waals surface area contributed by atoms with E-state index >= 15 is 0 Å². The molecule has 110 valence electrons. The number of carbonyl (C=O) groups excluding carboxylic acids is 1. The van der Waals surface area contributed by atoms with Crippen molar-refractivity contribution in [3.05, 3.63) is 0 Å². The van der Waals surface area contributed by atoms with Crippen LogP contribution in [0.1, 0.15) is 40.0 Å². The Morgan fingerprint density at radius 1 is 1.37 bits per heavy atom. The van der Waals surface area contributed by atoms with Crippen LogP contribution in [-0.4, -0.2) is 54.0 Å². The molecule has 2 aliphatic heterocycles. The van der Waals surface area contributed by atoms with Gasteiger partial charge in [0.1, 0.15) is 5.60 Å². The lowest BCUT2D eigenvalue weighted by molar-refractivity contribution is -0.0477. The first-order valence-corrected chi connectivity index (χ1v) is 7.19. The molecular weight excluding hydrogens is 244 g/mol. The average Bonchev–Trinajstić information content (AvgIpc) is 2.32. The van der Waals surface area contributed by atoms with Crippen LogP contribution in [0.5, 0.6) is 0 Å². The molecule has 5 nitrogen and oxygen atoms in total. The van der Waals surface area contributed by atoms with Crippen LogP contribution in [0.2, 0.25) is 0 Å². The summed E-state index contributed by atoms with van der Waals surface area (Å²) < 4.78 is 5.39. The van der Waals surface area contributed by atoms with Crippen LogP contribution < -0.4 is 5.32 Å². The predicted octanol–water partition coefficient (Wildman–Crippen LogP) is 1.36. The molecule has 5 heteroatoms. The third kappa shape index (κ3) is 3.39. The minimum Gasteiger partial charge on any atom is -0.444 e. The second kappa shape index (κ2) is 5.29. The van der Waals surface area contributed by atoms with Crippen LogP contribution in [-0.2, 0) is 4.74 Å². The van der Waals surface area contributed by atoms with Gasteiger partial charge in [-0.2, -0.15) is 0 Å². The van der Waals surface area contributed by atoms with E-state index in [-0.39, 0.29) is 17.6 Å². The van der Waals surface area contributed by atoms with Gasteiger partial charge >= 0.3 is 6.09 Å². The third-order valence-corrected chi connectivity index (χ3v) is 4.19. The SMILES string of the molecule is CC(C)(C)OC(=O)N1CCC2(CC1)CNCCC2O. The van der Waals surface area contributed by atoms with Crippen molar-refractivity contribution in [1.29, 1.82) is 0 Å². The molecule has 2 N–H and O–H groups in total. The van der Waals surface area contributed by atoms with Crippen LogP contribution >= 0.6 is 0 Å². The Hall–Kier alpha value is -0.810. The van der Waals surface area contributed by atoms with Gasteiger partial charge < -0.3 is 20.1 Å². The normalized spacial score (nSPS) is 27.4. The molecule has 0 aromatic carbocycles. The van der Waals surface area contributed by atoms with Crippen molar-refractivity contribution in [1.82, 2.24) is 10.2 Å². The first kappa shape index (κ1) is 14.6. The van der Waals surface area contributed by atoms with E-state index in [1.807, 2.05) is 20.8 Å². The molecule has 2 saturated heterocycles. The van der Waals surface area contributed by atoms with Crippen LogP contribution in [0, 0.1) is 5.41 Å². The Kier molecular flexibility index (Phi) is 4.06. The van der Waals surface area contributed by atoms with E-state index in [1.54, 1.807) is 4.90 Å². The van der Waals surface area contributed by atoms with Gasteiger partial charge in [0.2, 0.25) is 0 Å². The first-order chi connectivity index (χ1) is 8.82. The van der Waals surface area contributed by atoms with Gasteiger partial charge in [0.05, 0.1) is 6.10 Å². The quantitative estimate of drug-likeness (QED) is 0.697. The number of aliphatic hydroxyl groups excluding tert-OH is 1. The van der Waals surface area contributed by atoms with Gasteiger partial charge in [-0.05, 0) is 46.6 Å². The second-order valence-electron chi connectivity index (χ2n) is 6.81. The molecule has 0 aromatic heterocycles. The van der Waals surface area contributed by atoms with E-state index in [9.17, 15) is 9.90 Å². The van der Waals surface area contributed by atoms with Gasteiger partial charge in [0.15, 0.2) is 0 Å². The summed E-state index contributed by atoms with van der Waals surface area (Å²) in [7, 11) is 0. The predicted molar refractivity (Wildman–Crippen MR) is 73.0 cm³/mol. The molecule has 1 atom stereocenters. The van der Waals surface area contributed by atoms with Gasteiger partial charge in [-0.25, -0.2) is 4.79 Å². The molecular formula is C14H26N2O3. The lowest BCUT2D eigenvalue weighted by Crippen LogP contribution is -2.56. The minimum absolute atomic E-state index is 0.0449. The van der Waals surface area contributed by atoms with Crippen LogP contribution in [0.3, 0.4) is 0 Å². The van der Waals surface area contributed by atoms with Crippen molar-refractivity contribution in [2.75, 3.05) is 26.2 Å². The molecule has 0 radical (unpaired) electrons. The molecule has 1 spiro atoms. The van der Waals surface area contributed by atoms with Crippen LogP contribution in [0.15, 0.2) is 0 Å². The zero-order valence-electron chi connectivity index (χ0n) is 12.2. The highest BCUT2D eigenvalue weighted by atomic mass is 16.6.